The molecule has 2 rings (SSSR count). The largest absolute Gasteiger partial charge is 0.350 e. The van der Waals surface area contributed by atoms with Crippen molar-refractivity contribution in [2.24, 2.45) is 7.05 Å². The maximum absolute atomic E-state index is 8.90. The van der Waals surface area contributed by atoms with E-state index in [0.29, 0.717) is 0 Å². The predicted molar refractivity (Wildman–Crippen MR) is 61.7 cm³/mol. The van der Waals surface area contributed by atoms with Gasteiger partial charge in [-0.15, -0.1) is 0 Å². The van der Waals surface area contributed by atoms with E-state index in [1.807, 2.05) is 14.0 Å². The predicted octanol–water partition coefficient (Wildman–Crippen LogP) is 3.11. The molecule has 0 radical (unpaired) electrons. The third-order valence-electron chi connectivity index (χ3n) is 2.88. The van der Waals surface area contributed by atoms with Crippen molar-refractivity contribution in [3.05, 3.63) is 35.5 Å². The second-order valence-corrected chi connectivity index (χ2v) is 4.05. The van der Waals surface area contributed by atoms with Gasteiger partial charge in [0.1, 0.15) is 0 Å². The lowest BCUT2D eigenvalue weighted by Crippen LogP contribution is -1.93. The molecule has 1 atom stereocenters. The summed E-state index contributed by atoms with van der Waals surface area (Å²) in [6.45, 7) is 4.03. The molecule has 1 aromatic carbocycles. The highest BCUT2D eigenvalue weighted by Gasteiger charge is 2.08. The molecule has 2 aromatic rings. The Morgan fingerprint density at radius 1 is 1.40 bits per heavy atom. The van der Waals surface area contributed by atoms with Crippen molar-refractivity contribution in [3.8, 4) is 6.07 Å². The molecule has 0 saturated carbocycles. The van der Waals surface area contributed by atoms with Gasteiger partial charge in [-0.05, 0) is 37.1 Å². The molecular formula is C13H14N2. The van der Waals surface area contributed by atoms with Crippen LogP contribution in [-0.4, -0.2) is 4.57 Å². The van der Waals surface area contributed by atoms with E-state index >= 15 is 0 Å². The van der Waals surface area contributed by atoms with Gasteiger partial charge in [0.2, 0.25) is 0 Å². The van der Waals surface area contributed by atoms with Crippen molar-refractivity contribution >= 4 is 10.9 Å². The number of rotatable bonds is 1. The maximum atomic E-state index is 8.90. The average Bonchev–Trinajstić information content (AvgIpc) is 2.59. The molecule has 1 heterocycles. The Morgan fingerprint density at radius 3 is 2.80 bits per heavy atom. The molecule has 1 unspecified atom stereocenters. The van der Waals surface area contributed by atoms with Crippen molar-refractivity contribution in [1.29, 1.82) is 5.26 Å². The molecule has 0 saturated heterocycles. The van der Waals surface area contributed by atoms with Crippen molar-refractivity contribution in [1.82, 2.24) is 4.57 Å². The second-order valence-electron chi connectivity index (χ2n) is 4.05. The Kier molecular flexibility index (Phi) is 2.24. The number of nitriles is 1. The molecule has 1 aromatic heterocycles. The minimum atomic E-state index is -0.0340. The minimum absolute atomic E-state index is 0.0340. The van der Waals surface area contributed by atoms with Crippen LogP contribution in [0.25, 0.3) is 10.9 Å². The summed E-state index contributed by atoms with van der Waals surface area (Å²) >= 11 is 0. The first-order valence-electron chi connectivity index (χ1n) is 5.08. The summed E-state index contributed by atoms with van der Waals surface area (Å²) in [6.07, 6.45) is 2.05. The molecule has 0 aliphatic carbocycles. The van der Waals surface area contributed by atoms with Crippen LogP contribution in [0.5, 0.6) is 0 Å². The van der Waals surface area contributed by atoms with Gasteiger partial charge in [-0.1, -0.05) is 6.07 Å². The average molecular weight is 198 g/mol. The van der Waals surface area contributed by atoms with E-state index in [0.717, 1.165) is 5.56 Å². The van der Waals surface area contributed by atoms with E-state index in [1.54, 1.807) is 0 Å². The van der Waals surface area contributed by atoms with Gasteiger partial charge < -0.3 is 4.57 Å². The lowest BCUT2D eigenvalue weighted by atomic mass is 9.98. The third kappa shape index (κ3) is 1.50. The van der Waals surface area contributed by atoms with Gasteiger partial charge >= 0.3 is 0 Å². The second kappa shape index (κ2) is 3.43. The van der Waals surface area contributed by atoms with E-state index in [1.165, 1.54) is 16.5 Å². The van der Waals surface area contributed by atoms with Crippen molar-refractivity contribution < 1.29 is 0 Å². The number of hydrogen-bond donors (Lipinski definition) is 0. The standard InChI is InChI=1S/C13H14N2/c1-9-6-12(10(2)8-14)7-11-4-5-15(3)13(9)11/h4-7,10H,1-3H3. The molecule has 0 spiro atoms. The van der Waals surface area contributed by atoms with Gasteiger partial charge in [0.25, 0.3) is 0 Å². The summed E-state index contributed by atoms with van der Waals surface area (Å²) in [4.78, 5) is 0. The fraction of sp³-hybridized carbons (Fsp3) is 0.308. The van der Waals surface area contributed by atoms with Crippen LogP contribution in [0.2, 0.25) is 0 Å². The molecule has 0 bridgehead atoms. The zero-order chi connectivity index (χ0) is 11.0. The Bertz CT molecular complexity index is 543. The molecular weight excluding hydrogens is 184 g/mol. The number of fused-ring (bicyclic) bond motifs is 1. The van der Waals surface area contributed by atoms with Crippen LogP contribution in [0, 0.1) is 18.3 Å². The monoisotopic (exact) mass is 198 g/mol. The quantitative estimate of drug-likeness (QED) is 0.692. The molecule has 2 heteroatoms. The van der Waals surface area contributed by atoms with E-state index in [4.69, 9.17) is 5.26 Å². The number of nitrogens with zero attached hydrogens (tertiary/aromatic N) is 2. The van der Waals surface area contributed by atoms with Crippen LogP contribution >= 0.6 is 0 Å². The highest BCUT2D eigenvalue weighted by atomic mass is 14.9. The van der Waals surface area contributed by atoms with E-state index in [9.17, 15) is 0 Å². The molecule has 2 nitrogen and oxygen atoms in total. The van der Waals surface area contributed by atoms with Crippen LogP contribution in [0.3, 0.4) is 0 Å². The van der Waals surface area contributed by atoms with E-state index in [-0.39, 0.29) is 5.92 Å². The number of aromatic nitrogens is 1. The Hall–Kier alpha value is -1.75. The summed E-state index contributed by atoms with van der Waals surface area (Å²) in [5.41, 5.74) is 3.59. The zero-order valence-corrected chi connectivity index (χ0v) is 9.28. The molecule has 0 fully saturated rings. The third-order valence-corrected chi connectivity index (χ3v) is 2.88. The summed E-state index contributed by atoms with van der Waals surface area (Å²) < 4.78 is 2.12. The van der Waals surface area contributed by atoms with Gasteiger partial charge in [-0.2, -0.15) is 5.26 Å². The van der Waals surface area contributed by atoms with Gasteiger partial charge in [0, 0.05) is 18.6 Å². The first kappa shape index (κ1) is 9.79. The number of hydrogen-bond acceptors (Lipinski definition) is 1. The first-order chi connectivity index (χ1) is 7.13. The number of aryl methyl sites for hydroxylation is 2. The molecule has 0 amide bonds. The van der Waals surface area contributed by atoms with Crippen molar-refractivity contribution in [3.63, 3.8) is 0 Å². The summed E-state index contributed by atoms with van der Waals surface area (Å²) in [6, 6.07) is 8.58. The summed E-state index contributed by atoms with van der Waals surface area (Å²) in [5.74, 6) is -0.0340. The molecule has 76 valence electrons. The molecule has 0 aliphatic heterocycles. The molecule has 0 aliphatic rings. The summed E-state index contributed by atoms with van der Waals surface area (Å²) in [5, 5.41) is 10.1. The van der Waals surface area contributed by atoms with Crippen molar-refractivity contribution in [2.45, 2.75) is 19.8 Å². The Labute approximate surface area is 89.7 Å². The van der Waals surface area contributed by atoms with Crippen LogP contribution in [-0.2, 0) is 7.05 Å². The van der Waals surface area contributed by atoms with Crippen LogP contribution in [0.4, 0.5) is 0 Å². The smallest absolute Gasteiger partial charge is 0.0700 e. The maximum Gasteiger partial charge on any atom is 0.0700 e. The number of benzene rings is 1. The van der Waals surface area contributed by atoms with Crippen molar-refractivity contribution in [2.75, 3.05) is 0 Å². The first-order valence-corrected chi connectivity index (χ1v) is 5.08. The van der Waals surface area contributed by atoms with Crippen LogP contribution in [0.15, 0.2) is 24.4 Å². The lowest BCUT2D eigenvalue weighted by molar-refractivity contribution is 0.956. The van der Waals surface area contributed by atoms with Gasteiger partial charge in [-0.25, -0.2) is 0 Å². The highest BCUT2D eigenvalue weighted by molar-refractivity contribution is 5.84. The molecule has 15 heavy (non-hydrogen) atoms. The Morgan fingerprint density at radius 2 is 2.13 bits per heavy atom. The Balaban J connectivity index is 2.70. The topological polar surface area (TPSA) is 28.7 Å². The SMILES string of the molecule is Cc1cc(C(C)C#N)cc2ccn(C)c12. The minimum Gasteiger partial charge on any atom is -0.350 e. The van der Waals surface area contributed by atoms with E-state index < -0.39 is 0 Å². The lowest BCUT2D eigenvalue weighted by Gasteiger charge is -2.07. The van der Waals surface area contributed by atoms with Gasteiger partial charge in [-0.3, -0.25) is 0 Å². The highest BCUT2D eigenvalue weighted by Crippen LogP contribution is 2.25. The zero-order valence-electron chi connectivity index (χ0n) is 9.28. The van der Waals surface area contributed by atoms with E-state index in [2.05, 4.69) is 42.0 Å². The van der Waals surface area contributed by atoms with Crippen LogP contribution in [0.1, 0.15) is 24.0 Å². The van der Waals surface area contributed by atoms with Gasteiger partial charge in [0.15, 0.2) is 0 Å². The van der Waals surface area contributed by atoms with Gasteiger partial charge in [0.05, 0.1) is 17.5 Å². The summed E-state index contributed by atoms with van der Waals surface area (Å²) in [7, 11) is 2.04. The van der Waals surface area contributed by atoms with Crippen LogP contribution < -0.4 is 0 Å². The normalized spacial score (nSPS) is 12.7. The fourth-order valence-electron chi connectivity index (χ4n) is 2.04. The fourth-order valence-corrected chi connectivity index (χ4v) is 2.04. The molecule has 0 N–H and O–H groups in total.